The SMILES string of the molecule is O=C(Nc1ccccc1)Nc1cccc(NC(=O)c2ccc(-n3cccn3)cc2)c1. The van der Waals surface area contributed by atoms with Gasteiger partial charge in [-0.25, -0.2) is 9.48 Å². The summed E-state index contributed by atoms with van der Waals surface area (Å²) in [4.78, 5) is 24.7. The molecule has 0 unspecified atom stereocenters. The fourth-order valence-corrected chi connectivity index (χ4v) is 2.88. The van der Waals surface area contributed by atoms with Crippen molar-refractivity contribution in [3.8, 4) is 5.69 Å². The molecule has 0 spiro atoms. The molecule has 0 radical (unpaired) electrons. The Hall–Kier alpha value is -4.39. The minimum atomic E-state index is -0.362. The van der Waals surface area contributed by atoms with Gasteiger partial charge in [-0.2, -0.15) is 5.10 Å². The molecule has 7 nitrogen and oxygen atoms in total. The number of nitrogens with one attached hydrogen (secondary N) is 3. The molecule has 7 heteroatoms. The van der Waals surface area contributed by atoms with E-state index in [9.17, 15) is 9.59 Å². The first kappa shape index (κ1) is 18.9. The van der Waals surface area contributed by atoms with Crippen LogP contribution in [0, 0.1) is 0 Å². The Morgan fingerprint density at radius 3 is 2.07 bits per heavy atom. The highest BCUT2D eigenvalue weighted by molar-refractivity contribution is 6.05. The van der Waals surface area contributed by atoms with E-state index in [0.29, 0.717) is 22.6 Å². The summed E-state index contributed by atoms with van der Waals surface area (Å²) < 4.78 is 1.72. The van der Waals surface area contributed by atoms with Crippen LogP contribution in [-0.2, 0) is 0 Å². The Morgan fingerprint density at radius 1 is 0.700 bits per heavy atom. The lowest BCUT2D eigenvalue weighted by Crippen LogP contribution is -2.19. The Labute approximate surface area is 173 Å². The van der Waals surface area contributed by atoms with Gasteiger partial charge in [-0.15, -0.1) is 0 Å². The number of carbonyl (C=O) groups is 2. The van der Waals surface area contributed by atoms with Crippen LogP contribution in [0.2, 0.25) is 0 Å². The van der Waals surface area contributed by atoms with E-state index >= 15 is 0 Å². The van der Waals surface area contributed by atoms with E-state index in [1.165, 1.54) is 0 Å². The molecule has 4 rings (SSSR count). The van der Waals surface area contributed by atoms with Crippen molar-refractivity contribution < 1.29 is 9.59 Å². The Bertz CT molecular complexity index is 1140. The van der Waals surface area contributed by atoms with E-state index < -0.39 is 0 Å². The summed E-state index contributed by atoms with van der Waals surface area (Å²) in [5.41, 5.74) is 3.22. The van der Waals surface area contributed by atoms with Gasteiger partial charge in [0.05, 0.1) is 5.69 Å². The van der Waals surface area contributed by atoms with Crippen LogP contribution >= 0.6 is 0 Å². The van der Waals surface area contributed by atoms with Gasteiger partial charge in [0.2, 0.25) is 0 Å². The third kappa shape index (κ3) is 4.71. The molecule has 30 heavy (non-hydrogen) atoms. The van der Waals surface area contributed by atoms with E-state index in [1.54, 1.807) is 59.4 Å². The average molecular weight is 397 g/mol. The fourth-order valence-electron chi connectivity index (χ4n) is 2.88. The summed E-state index contributed by atoms with van der Waals surface area (Å²) in [5, 5.41) is 12.5. The highest BCUT2D eigenvalue weighted by Gasteiger charge is 2.08. The molecule has 0 fully saturated rings. The fraction of sp³-hybridized carbons (Fsp3) is 0. The summed E-state index contributed by atoms with van der Waals surface area (Å²) >= 11 is 0. The number of aromatic nitrogens is 2. The number of amides is 3. The zero-order valence-electron chi connectivity index (χ0n) is 15.9. The van der Waals surface area contributed by atoms with Gasteiger partial charge in [0.1, 0.15) is 0 Å². The van der Waals surface area contributed by atoms with Gasteiger partial charge in [-0.1, -0.05) is 24.3 Å². The molecule has 4 aromatic rings. The molecule has 3 N–H and O–H groups in total. The molecule has 0 bridgehead atoms. The van der Waals surface area contributed by atoms with E-state index in [2.05, 4.69) is 21.0 Å². The van der Waals surface area contributed by atoms with Crippen molar-refractivity contribution in [3.05, 3.63) is 103 Å². The molecule has 0 atom stereocenters. The van der Waals surface area contributed by atoms with Gasteiger partial charge in [0.15, 0.2) is 0 Å². The molecule has 1 heterocycles. The first-order valence-electron chi connectivity index (χ1n) is 9.32. The number of carbonyl (C=O) groups excluding carboxylic acids is 2. The van der Waals surface area contributed by atoms with Crippen LogP contribution in [0.5, 0.6) is 0 Å². The van der Waals surface area contributed by atoms with Crippen molar-refractivity contribution in [2.24, 2.45) is 0 Å². The lowest BCUT2D eigenvalue weighted by molar-refractivity contribution is 0.102. The monoisotopic (exact) mass is 397 g/mol. The van der Waals surface area contributed by atoms with Crippen LogP contribution < -0.4 is 16.0 Å². The highest BCUT2D eigenvalue weighted by Crippen LogP contribution is 2.17. The molecular weight excluding hydrogens is 378 g/mol. The van der Waals surface area contributed by atoms with Crippen molar-refractivity contribution in [2.75, 3.05) is 16.0 Å². The largest absolute Gasteiger partial charge is 0.323 e. The predicted molar refractivity (Wildman–Crippen MR) is 117 cm³/mol. The van der Waals surface area contributed by atoms with Crippen LogP contribution in [0.3, 0.4) is 0 Å². The first-order chi connectivity index (χ1) is 14.7. The lowest BCUT2D eigenvalue weighted by atomic mass is 10.2. The molecule has 0 aliphatic rings. The molecule has 3 aromatic carbocycles. The molecule has 0 aliphatic heterocycles. The molecule has 0 saturated heterocycles. The van der Waals surface area contributed by atoms with Crippen molar-refractivity contribution in [1.29, 1.82) is 0 Å². The van der Waals surface area contributed by atoms with Gasteiger partial charge >= 0.3 is 6.03 Å². The van der Waals surface area contributed by atoms with Crippen LogP contribution in [0.1, 0.15) is 10.4 Å². The molecule has 3 amide bonds. The van der Waals surface area contributed by atoms with Crippen LogP contribution in [0.15, 0.2) is 97.3 Å². The lowest BCUT2D eigenvalue weighted by Gasteiger charge is -2.10. The maximum atomic E-state index is 12.6. The highest BCUT2D eigenvalue weighted by atomic mass is 16.2. The van der Waals surface area contributed by atoms with E-state index in [1.807, 2.05) is 42.6 Å². The normalized spacial score (nSPS) is 10.3. The van der Waals surface area contributed by atoms with Gasteiger partial charge in [-0.3, -0.25) is 4.79 Å². The van der Waals surface area contributed by atoms with E-state index in [-0.39, 0.29) is 11.9 Å². The minimum Gasteiger partial charge on any atom is -0.322 e. The summed E-state index contributed by atoms with van der Waals surface area (Å²) in [7, 11) is 0. The van der Waals surface area contributed by atoms with E-state index in [0.717, 1.165) is 5.69 Å². The number of rotatable bonds is 5. The summed E-state index contributed by atoms with van der Waals surface area (Å²) in [6.45, 7) is 0. The molecular formula is C23H19N5O2. The van der Waals surface area contributed by atoms with Crippen molar-refractivity contribution >= 4 is 29.0 Å². The average Bonchev–Trinajstić information content (AvgIpc) is 3.30. The Kier molecular flexibility index (Phi) is 5.52. The Morgan fingerprint density at radius 2 is 1.37 bits per heavy atom. The van der Waals surface area contributed by atoms with Gasteiger partial charge in [-0.05, 0) is 60.7 Å². The molecule has 0 aliphatic carbocycles. The summed E-state index contributed by atoms with van der Waals surface area (Å²) in [6, 6.07) is 24.7. The van der Waals surface area contributed by atoms with Gasteiger partial charge in [0.25, 0.3) is 5.91 Å². The second-order valence-corrected chi connectivity index (χ2v) is 6.48. The van der Waals surface area contributed by atoms with Gasteiger partial charge < -0.3 is 16.0 Å². The molecule has 148 valence electrons. The number of anilines is 3. The number of hydrogen-bond acceptors (Lipinski definition) is 3. The second-order valence-electron chi connectivity index (χ2n) is 6.48. The topological polar surface area (TPSA) is 88.0 Å². The smallest absolute Gasteiger partial charge is 0.322 e. The second kappa shape index (κ2) is 8.74. The maximum absolute atomic E-state index is 12.6. The predicted octanol–water partition coefficient (Wildman–Crippen LogP) is 4.77. The molecule has 0 saturated carbocycles. The van der Waals surface area contributed by atoms with Crippen LogP contribution in [0.25, 0.3) is 5.69 Å². The zero-order chi connectivity index (χ0) is 20.8. The standard InChI is InChI=1S/C23H19N5O2/c29-22(17-10-12-21(13-11-17)28-15-5-14-24-28)25-19-8-4-9-20(16-19)27-23(30)26-18-6-2-1-3-7-18/h1-16H,(H,25,29)(H2,26,27,30). The van der Waals surface area contributed by atoms with Crippen molar-refractivity contribution in [1.82, 2.24) is 9.78 Å². The third-order valence-electron chi connectivity index (χ3n) is 4.31. The quantitative estimate of drug-likeness (QED) is 0.453. The zero-order valence-corrected chi connectivity index (χ0v) is 15.9. The number of nitrogens with zero attached hydrogens (tertiary/aromatic N) is 2. The van der Waals surface area contributed by atoms with Crippen molar-refractivity contribution in [2.45, 2.75) is 0 Å². The summed E-state index contributed by atoms with van der Waals surface area (Å²) in [6.07, 6.45) is 3.53. The Balaban J connectivity index is 1.39. The third-order valence-corrected chi connectivity index (χ3v) is 4.31. The first-order valence-corrected chi connectivity index (χ1v) is 9.32. The van der Waals surface area contributed by atoms with Crippen molar-refractivity contribution in [3.63, 3.8) is 0 Å². The van der Waals surface area contributed by atoms with Gasteiger partial charge in [0, 0.05) is 35.0 Å². The number of hydrogen-bond donors (Lipinski definition) is 3. The number of para-hydroxylation sites is 1. The maximum Gasteiger partial charge on any atom is 0.323 e. The van der Waals surface area contributed by atoms with Crippen LogP contribution in [-0.4, -0.2) is 21.7 Å². The van der Waals surface area contributed by atoms with Crippen LogP contribution in [0.4, 0.5) is 21.9 Å². The van der Waals surface area contributed by atoms with E-state index in [4.69, 9.17) is 0 Å². The summed E-state index contributed by atoms with van der Waals surface area (Å²) in [5.74, 6) is -0.243. The number of benzene rings is 3. The number of urea groups is 1. The minimum absolute atomic E-state index is 0.243. The molecule has 1 aromatic heterocycles.